The summed E-state index contributed by atoms with van der Waals surface area (Å²) in [6.07, 6.45) is 31.5. The fourth-order valence-corrected chi connectivity index (χ4v) is 4.47. The van der Waals surface area contributed by atoms with Gasteiger partial charge in [0.25, 0.3) is 0 Å². The van der Waals surface area contributed by atoms with Gasteiger partial charge in [-0.2, -0.15) is 0 Å². The fourth-order valence-electron chi connectivity index (χ4n) is 4.47. The largest absolute Gasteiger partial charge is 0.430 e. The molecule has 0 spiro atoms. The first-order chi connectivity index (χ1) is 14.8. The standard InChI is InChI=1S/C28H52O2/c1-3-5-7-9-11-13-15-17-19-21-23-25-27-26(28(29)30-27)24-22-20-18-16-14-12-10-8-6-4-2/h25-26H,3-24H2,1-2H3. The Morgan fingerprint density at radius 1 is 0.600 bits per heavy atom. The maximum absolute atomic E-state index is 11.8. The third-order valence-electron chi connectivity index (χ3n) is 6.60. The summed E-state index contributed by atoms with van der Waals surface area (Å²) in [5.74, 6) is 1.08. The molecule has 176 valence electrons. The Morgan fingerprint density at radius 2 is 1.00 bits per heavy atom. The Kier molecular flexibility index (Phi) is 18.3. The number of cyclic esters (lactones) is 1. The normalized spacial score (nSPS) is 17.3. The van der Waals surface area contributed by atoms with Crippen LogP contribution in [0.2, 0.25) is 0 Å². The van der Waals surface area contributed by atoms with Crippen molar-refractivity contribution in [3.05, 3.63) is 11.8 Å². The summed E-state index contributed by atoms with van der Waals surface area (Å²) >= 11 is 0. The Bertz CT molecular complexity index is 426. The summed E-state index contributed by atoms with van der Waals surface area (Å²) in [5, 5.41) is 0. The highest BCUT2D eigenvalue weighted by Crippen LogP contribution is 2.32. The van der Waals surface area contributed by atoms with E-state index in [1.54, 1.807) is 0 Å². The van der Waals surface area contributed by atoms with Crippen LogP contribution in [-0.2, 0) is 9.53 Å². The van der Waals surface area contributed by atoms with Gasteiger partial charge in [0, 0.05) is 0 Å². The lowest BCUT2D eigenvalue weighted by molar-refractivity contribution is -0.157. The average Bonchev–Trinajstić information content (AvgIpc) is 2.75. The van der Waals surface area contributed by atoms with Crippen molar-refractivity contribution >= 4 is 5.97 Å². The lowest BCUT2D eigenvalue weighted by atomic mass is 9.93. The molecule has 1 fully saturated rings. The first-order valence-corrected chi connectivity index (χ1v) is 13.7. The van der Waals surface area contributed by atoms with Crippen molar-refractivity contribution in [2.75, 3.05) is 0 Å². The number of esters is 1. The van der Waals surface area contributed by atoms with Gasteiger partial charge in [-0.3, -0.25) is 4.79 Å². The second-order valence-corrected chi connectivity index (χ2v) is 9.52. The van der Waals surface area contributed by atoms with E-state index in [1.165, 1.54) is 128 Å². The van der Waals surface area contributed by atoms with E-state index in [2.05, 4.69) is 19.9 Å². The van der Waals surface area contributed by atoms with E-state index in [9.17, 15) is 4.79 Å². The minimum absolute atomic E-state index is 0.0141. The monoisotopic (exact) mass is 420 g/mol. The maximum atomic E-state index is 11.8. The summed E-state index contributed by atoms with van der Waals surface area (Å²) in [5.41, 5.74) is 0. The first-order valence-electron chi connectivity index (χ1n) is 13.7. The number of carbonyl (C=O) groups is 1. The molecule has 2 heteroatoms. The molecular weight excluding hydrogens is 368 g/mol. The smallest absolute Gasteiger partial charge is 0.321 e. The predicted octanol–water partition coefficient (Wildman–Crippen LogP) is 9.67. The molecule has 1 heterocycles. The van der Waals surface area contributed by atoms with Crippen molar-refractivity contribution in [3.63, 3.8) is 0 Å². The van der Waals surface area contributed by atoms with Crippen LogP contribution in [0.3, 0.4) is 0 Å². The van der Waals surface area contributed by atoms with E-state index in [0.717, 1.165) is 18.6 Å². The molecule has 0 aromatic rings. The molecule has 0 amide bonds. The van der Waals surface area contributed by atoms with Gasteiger partial charge in [0.2, 0.25) is 0 Å². The Hall–Kier alpha value is -0.790. The summed E-state index contributed by atoms with van der Waals surface area (Å²) in [4.78, 5) is 11.8. The van der Waals surface area contributed by atoms with Crippen LogP contribution in [0.15, 0.2) is 11.8 Å². The molecule has 0 saturated carbocycles. The molecule has 0 aliphatic carbocycles. The number of allylic oxidation sites excluding steroid dienone is 1. The van der Waals surface area contributed by atoms with Crippen LogP contribution in [0.4, 0.5) is 0 Å². The third-order valence-corrected chi connectivity index (χ3v) is 6.60. The zero-order valence-corrected chi connectivity index (χ0v) is 20.5. The second kappa shape index (κ2) is 20.1. The molecule has 30 heavy (non-hydrogen) atoms. The maximum Gasteiger partial charge on any atom is 0.321 e. The van der Waals surface area contributed by atoms with E-state index in [-0.39, 0.29) is 11.9 Å². The zero-order valence-electron chi connectivity index (χ0n) is 20.5. The molecule has 0 aromatic heterocycles. The van der Waals surface area contributed by atoms with Crippen molar-refractivity contribution in [3.8, 4) is 0 Å². The number of unbranched alkanes of at least 4 members (excludes halogenated alkanes) is 19. The molecule has 0 aromatic carbocycles. The molecule has 2 nitrogen and oxygen atoms in total. The van der Waals surface area contributed by atoms with Crippen LogP contribution in [0, 0.1) is 5.92 Å². The number of ether oxygens (including phenoxy) is 1. The summed E-state index contributed by atoms with van der Waals surface area (Å²) in [7, 11) is 0. The topological polar surface area (TPSA) is 26.3 Å². The molecule has 1 aliphatic rings. The molecule has 0 bridgehead atoms. The van der Waals surface area contributed by atoms with Gasteiger partial charge in [0.1, 0.15) is 11.7 Å². The van der Waals surface area contributed by atoms with Crippen LogP contribution < -0.4 is 0 Å². The predicted molar refractivity (Wildman–Crippen MR) is 131 cm³/mol. The van der Waals surface area contributed by atoms with Gasteiger partial charge in [0.15, 0.2) is 0 Å². The van der Waals surface area contributed by atoms with Gasteiger partial charge in [0.05, 0.1) is 0 Å². The molecular formula is C28H52O2. The van der Waals surface area contributed by atoms with E-state index in [4.69, 9.17) is 4.74 Å². The van der Waals surface area contributed by atoms with Crippen molar-refractivity contribution in [2.24, 2.45) is 5.92 Å². The number of carbonyl (C=O) groups excluding carboxylic acids is 1. The Labute approximate surface area is 188 Å². The minimum Gasteiger partial charge on any atom is -0.430 e. The van der Waals surface area contributed by atoms with Crippen LogP contribution in [0.5, 0.6) is 0 Å². The molecule has 0 N–H and O–H groups in total. The van der Waals surface area contributed by atoms with Gasteiger partial charge >= 0.3 is 5.97 Å². The first kappa shape index (κ1) is 27.2. The zero-order chi connectivity index (χ0) is 21.7. The molecule has 1 atom stereocenters. The molecule has 1 rings (SSSR count). The molecule has 1 saturated heterocycles. The van der Waals surface area contributed by atoms with Gasteiger partial charge in [-0.1, -0.05) is 136 Å². The van der Waals surface area contributed by atoms with Crippen LogP contribution in [-0.4, -0.2) is 5.97 Å². The summed E-state index contributed by atoms with van der Waals surface area (Å²) < 4.78 is 5.31. The van der Waals surface area contributed by atoms with Crippen molar-refractivity contribution < 1.29 is 9.53 Å². The highest BCUT2D eigenvalue weighted by atomic mass is 16.6. The van der Waals surface area contributed by atoms with Gasteiger partial charge in [-0.05, 0) is 25.3 Å². The highest BCUT2D eigenvalue weighted by molar-refractivity contribution is 5.82. The Balaban J connectivity index is 1.92. The van der Waals surface area contributed by atoms with Crippen LogP contribution in [0.25, 0.3) is 0 Å². The third kappa shape index (κ3) is 14.3. The van der Waals surface area contributed by atoms with Crippen molar-refractivity contribution in [1.82, 2.24) is 0 Å². The van der Waals surface area contributed by atoms with Crippen molar-refractivity contribution in [2.45, 2.75) is 155 Å². The quantitative estimate of drug-likeness (QED) is 0.129. The highest BCUT2D eigenvalue weighted by Gasteiger charge is 2.36. The minimum atomic E-state index is 0.0141. The molecule has 0 radical (unpaired) electrons. The van der Waals surface area contributed by atoms with Crippen LogP contribution in [0.1, 0.15) is 155 Å². The van der Waals surface area contributed by atoms with E-state index in [1.807, 2.05) is 0 Å². The second-order valence-electron chi connectivity index (χ2n) is 9.52. The van der Waals surface area contributed by atoms with Gasteiger partial charge in [-0.15, -0.1) is 0 Å². The van der Waals surface area contributed by atoms with E-state index >= 15 is 0 Å². The lowest BCUT2D eigenvalue weighted by Gasteiger charge is -2.28. The molecule has 1 unspecified atom stereocenters. The number of hydrogen-bond acceptors (Lipinski definition) is 2. The lowest BCUT2D eigenvalue weighted by Crippen LogP contribution is -2.32. The molecule has 1 aliphatic heterocycles. The van der Waals surface area contributed by atoms with E-state index in [0.29, 0.717) is 0 Å². The van der Waals surface area contributed by atoms with E-state index < -0.39 is 0 Å². The van der Waals surface area contributed by atoms with Crippen LogP contribution >= 0.6 is 0 Å². The Morgan fingerprint density at radius 3 is 1.43 bits per heavy atom. The van der Waals surface area contributed by atoms with Gasteiger partial charge < -0.3 is 4.74 Å². The summed E-state index contributed by atoms with van der Waals surface area (Å²) in [6.45, 7) is 4.55. The SMILES string of the molecule is CCCCCCCCCCCCC=C1OC(=O)C1CCCCCCCCCCCC. The van der Waals surface area contributed by atoms with Gasteiger partial charge in [-0.25, -0.2) is 0 Å². The van der Waals surface area contributed by atoms with Crippen molar-refractivity contribution in [1.29, 1.82) is 0 Å². The summed E-state index contributed by atoms with van der Waals surface area (Å²) in [6, 6.07) is 0. The average molecular weight is 421 g/mol. The fraction of sp³-hybridized carbons (Fsp3) is 0.893. The number of rotatable bonds is 22. The number of hydrogen-bond donors (Lipinski definition) is 0.